The molecule has 142 valence electrons. The van der Waals surface area contributed by atoms with E-state index >= 15 is 0 Å². The Morgan fingerprint density at radius 1 is 1.00 bits per heavy atom. The Kier molecular flexibility index (Phi) is 6.79. The highest BCUT2D eigenvalue weighted by Gasteiger charge is 2.01. The smallest absolute Gasteiger partial charge is 0.259 e. The Bertz CT molecular complexity index is 939. The summed E-state index contributed by atoms with van der Waals surface area (Å²) in [5, 5.41) is 7.11. The monoisotopic (exact) mass is 373 g/mol. The van der Waals surface area contributed by atoms with Gasteiger partial charge in [0.25, 0.3) is 5.91 Å². The average Bonchev–Trinajstić information content (AvgIpc) is 2.73. The number of hydrogen-bond acceptors (Lipinski definition) is 4. The van der Waals surface area contributed by atoms with Crippen LogP contribution in [0.5, 0.6) is 5.75 Å². The lowest BCUT2D eigenvalue weighted by Gasteiger charge is -2.08. The summed E-state index contributed by atoms with van der Waals surface area (Å²) in [7, 11) is 0. The second kappa shape index (κ2) is 9.92. The second-order valence-electron chi connectivity index (χ2n) is 6.31. The number of ether oxygens (including phenoxy) is 1. The number of anilines is 1. The molecule has 28 heavy (non-hydrogen) atoms. The molecule has 0 aromatic heterocycles. The molecule has 3 rings (SSSR count). The minimum atomic E-state index is -0.212. The molecule has 0 aliphatic carbocycles. The summed E-state index contributed by atoms with van der Waals surface area (Å²) < 4.78 is 5.80. The van der Waals surface area contributed by atoms with E-state index in [1.807, 2.05) is 85.8 Å². The van der Waals surface area contributed by atoms with Gasteiger partial charge in [-0.15, -0.1) is 0 Å². The maximum absolute atomic E-state index is 11.9. The fourth-order valence-electron chi connectivity index (χ4n) is 2.59. The van der Waals surface area contributed by atoms with Crippen LogP contribution in [0.4, 0.5) is 5.69 Å². The number of aryl methyl sites for hydroxylation is 1. The van der Waals surface area contributed by atoms with Gasteiger partial charge in [0.1, 0.15) is 12.4 Å². The first-order valence-electron chi connectivity index (χ1n) is 9.09. The van der Waals surface area contributed by atoms with Crippen LogP contribution in [0.3, 0.4) is 0 Å². The van der Waals surface area contributed by atoms with Crippen LogP contribution in [0.15, 0.2) is 84.0 Å². The Balaban J connectivity index is 1.47. The van der Waals surface area contributed by atoms with Crippen LogP contribution >= 0.6 is 0 Å². The molecule has 0 radical (unpaired) electrons. The molecule has 0 fully saturated rings. The van der Waals surface area contributed by atoms with Crippen LogP contribution in [0.2, 0.25) is 0 Å². The van der Waals surface area contributed by atoms with E-state index in [-0.39, 0.29) is 12.5 Å². The second-order valence-corrected chi connectivity index (χ2v) is 6.31. The molecular weight excluding hydrogens is 350 g/mol. The number of carbonyl (C=O) groups is 1. The van der Waals surface area contributed by atoms with Gasteiger partial charge in [-0.3, -0.25) is 4.79 Å². The molecule has 1 amide bonds. The third-order valence-electron chi connectivity index (χ3n) is 4.09. The van der Waals surface area contributed by atoms with Crippen molar-refractivity contribution in [2.24, 2.45) is 5.10 Å². The molecule has 5 heteroatoms. The van der Waals surface area contributed by atoms with E-state index in [0.717, 1.165) is 28.1 Å². The van der Waals surface area contributed by atoms with E-state index in [2.05, 4.69) is 15.8 Å². The summed E-state index contributed by atoms with van der Waals surface area (Å²) in [4.78, 5) is 11.9. The number of carbonyl (C=O) groups excluding carboxylic acids is 1. The van der Waals surface area contributed by atoms with Crippen molar-refractivity contribution < 1.29 is 9.53 Å². The van der Waals surface area contributed by atoms with Crippen molar-refractivity contribution in [1.82, 2.24) is 5.43 Å². The number of nitrogens with one attached hydrogen (secondary N) is 2. The van der Waals surface area contributed by atoms with E-state index in [1.165, 1.54) is 0 Å². The van der Waals surface area contributed by atoms with Gasteiger partial charge in [-0.05, 0) is 41.8 Å². The van der Waals surface area contributed by atoms with Gasteiger partial charge in [-0.25, -0.2) is 5.43 Å². The van der Waals surface area contributed by atoms with Crippen LogP contribution in [-0.2, 0) is 11.4 Å². The molecule has 0 atom stereocenters. The molecule has 3 aromatic rings. The minimum absolute atomic E-state index is 0.155. The highest BCUT2D eigenvalue weighted by atomic mass is 16.5. The highest BCUT2D eigenvalue weighted by molar-refractivity contribution is 5.84. The lowest BCUT2D eigenvalue weighted by Crippen LogP contribution is -2.26. The van der Waals surface area contributed by atoms with Gasteiger partial charge in [-0.1, -0.05) is 60.7 Å². The van der Waals surface area contributed by atoms with Crippen LogP contribution in [0.1, 0.15) is 16.7 Å². The summed E-state index contributed by atoms with van der Waals surface area (Å²) in [6, 6.07) is 25.4. The van der Waals surface area contributed by atoms with Crippen LogP contribution < -0.4 is 15.5 Å². The number of rotatable bonds is 8. The van der Waals surface area contributed by atoms with Gasteiger partial charge in [-0.2, -0.15) is 5.10 Å². The number of nitrogens with zero attached hydrogens (tertiary/aromatic N) is 1. The van der Waals surface area contributed by atoms with E-state index in [9.17, 15) is 4.79 Å². The van der Waals surface area contributed by atoms with Gasteiger partial charge in [0, 0.05) is 5.69 Å². The summed E-state index contributed by atoms with van der Waals surface area (Å²) in [5.74, 6) is 0.538. The van der Waals surface area contributed by atoms with Gasteiger partial charge in [0.05, 0.1) is 12.8 Å². The van der Waals surface area contributed by atoms with Gasteiger partial charge < -0.3 is 10.1 Å². The molecular formula is C23H23N3O2. The molecule has 0 heterocycles. The molecule has 2 N–H and O–H groups in total. The van der Waals surface area contributed by atoms with Gasteiger partial charge in [0.15, 0.2) is 0 Å². The molecule has 0 aliphatic rings. The maximum Gasteiger partial charge on any atom is 0.259 e. The predicted molar refractivity (Wildman–Crippen MR) is 113 cm³/mol. The van der Waals surface area contributed by atoms with Crippen molar-refractivity contribution in [2.45, 2.75) is 13.5 Å². The zero-order valence-corrected chi connectivity index (χ0v) is 15.8. The number of hydrogen-bond donors (Lipinski definition) is 2. The Labute approximate surface area is 165 Å². The maximum atomic E-state index is 11.9. The molecule has 0 bridgehead atoms. The first-order valence-corrected chi connectivity index (χ1v) is 9.09. The predicted octanol–water partition coefficient (Wildman–Crippen LogP) is 4.14. The topological polar surface area (TPSA) is 62.7 Å². The first-order chi connectivity index (χ1) is 13.7. The number of benzene rings is 3. The molecule has 5 nitrogen and oxygen atoms in total. The number of hydrazone groups is 1. The normalized spacial score (nSPS) is 10.6. The summed E-state index contributed by atoms with van der Waals surface area (Å²) in [6.07, 6.45) is 1.60. The summed E-state index contributed by atoms with van der Waals surface area (Å²) >= 11 is 0. The molecule has 0 aliphatic heterocycles. The summed E-state index contributed by atoms with van der Waals surface area (Å²) in [6.45, 7) is 2.65. The first kappa shape index (κ1) is 19.2. The SMILES string of the molecule is Cc1ccccc1NCC(=O)NN=Cc1cccc(OCc2ccccc2)c1. The standard InChI is InChI=1S/C23H23N3O2/c1-18-8-5-6-13-22(18)24-16-23(27)26-25-15-20-11-7-12-21(14-20)28-17-19-9-3-2-4-10-19/h2-15,24H,16-17H2,1H3,(H,26,27). The lowest BCUT2D eigenvalue weighted by atomic mass is 10.2. The van der Waals surface area contributed by atoms with Gasteiger partial charge >= 0.3 is 0 Å². The van der Waals surface area contributed by atoms with Crippen molar-refractivity contribution in [3.05, 3.63) is 95.6 Å². The Hall–Kier alpha value is -3.60. The quantitative estimate of drug-likeness (QED) is 0.461. The Morgan fingerprint density at radius 2 is 1.79 bits per heavy atom. The minimum Gasteiger partial charge on any atom is -0.489 e. The van der Waals surface area contributed by atoms with E-state index in [4.69, 9.17) is 4.74 Å². The highest BCUT2D eigenvalue weighted by Crippen LogP contribution is 2.14. The van der Waals surface area contributed by atoms with Gasteiger partial charge in [0.2, 0.25) is 0 Å². The van der Waals surface area contributed by atoms with E-state index < -0.39 is 0 Å². The molecule has 0 saturated carbocycles. The van der Waals surface area contributed by atoms with Crippen molar-refractivity contribution in [3.8, 4) is 5.75 Å². The third kappa shape index (κ3) is 5.99. The van der Waals surface area contributed by atoms with Crippen LogP contribution in [0.25, 0.3) is 0 Å². The zero-order valence-electron chi connectivity index (χ0n) is 15.8. The van der Waals surface area contributed by atoms with Crippen molar-refractivity contribution in [3.63, 3.8) is 0 Å². The van der Waals surface area contributed by atoms with Crippen molar-refractivity contribution >= 4 is 17.8 Å². The largest absolute Gasteiger partial charge is 0.489 e. The van der Waals surface area contributed by atoms with Crippen LogP contribution in [0, 0.1) is 6.92 Å². The summed E-state index contributed by atoms with van der Waals surface area (Å²) in [5.41, 5.74) is 6.50. The molecule has 0 saturated heterocycles. The van der Waals surface area contributed by atoms with Crippen molar-refractivity contribution in [2.75, 3.05) is 11.9 Å². The third-order valence-corrected chi connectivity index (χ3v) is 4.09. The number of para-hydroxylation sites is 1. The molecule has 3 aromatic carbocycles. The van der Waals surface area contributed by atoms with Crippen molar-refractivity contribution in [1.29, 1.82) is 0 Å². The van der Waals surface area contributed by atoms with E-state index in [1.54, 1.807) is 6.21 Å². The average molecular weight is 373 g/mol. The zero-order chi connectivity index (χ0) is 19.6. The lowest BCUT2D eigenvalue weighted by molar-refractivity contribution is -0.119. The molecule has 0 unspecified atom stereocenters. The fraction of sp³-hybridized carbons (Fsp3) is 0.130. The Morgan fingerprint density at radius 3 is 2.61 bits per heavy atom. The van der Waals surface area contributed by atoms with Crippen LogP contribution in [-0.4, -0.2) is 18.7 Å². The van der Waals surface area contributed by atoms with E-state index in [0.29, 0.717) is 6.61 Å². The fourth-order valence-corrected chi connectivity index (χ4v) is 2.59. The number of amides is 1. The molecule has 0 spiro atoms.